The van der Waals surface area contributed by atoms with E-state index < -0.39 is 30.2 Å². The Morgan fingerprint density at radius 1 is 1.19 bits per heavy atom. The molecule has 0 radical (unpaired) electrons. The average Bonchev–Trinajstić information content (AvgIpc) is 2.51. The fourth-order valence-electron chi connectivity index (χ4n) is 2.52. The van der Waals surface area contributed by atoms with Gasteiger partial charge in [0.1, 0.15) is 24.8 Å². The van der Waals surface area contributed by atoms with Gasteiger partial charge in [0, 0.05) is 0 Å². The molecule has 1 rings (SSSR count). The normalized spacial score (nSPS) is 15.1. The lowest BCUT2D eigenvalue weighted by atomic mass is 10.1. The summed E-state index contributed by atoms with van der Waals surface area (Å²) in [6, 6.07) is 8.74. The standard InChI is InChI=1S/C19H30N2O5/c1-14(13-25-16(11-18(22)23)12-21(2,3)4)26-19(24)17(20)10-15-8-6-5-7-9-15/h5-9,14,16-17H,10-13,20H2,1-4H3/p+1/t14?,16?,17-/m0/s1. The predicted molar refractivity (Wildman–Crippen MR) is 98.6 cm³/mol. The number of rotatable bonds is 11. The molecule has 7 heteroatoms. The van der Waals surface area contributed by atoms with Crippen molar-refractivity contribution in [2.75, 3.05) is 34.3 Å². The Hall–Kier alpha value is -1.96. The van der Waals surface area contributed by atoms with Crippen LogP contribution in [-0.4, -0.2) is 74.1 Å². The van der Waals surface area contributed by atoms with Crippen LogP contribution in [0.25, 0.3) is 0 Å². The number of quaternary nitrogens is 1. The number of carboxylic acid groups (broad SMARTS) is 1. The molecule has 3 atom stereocenters. The van der Waals surface area contributed by atoms with Crippen molar-refractivity contribution in [1.29, 1.82) is 0 Å². The number of aliphatic carboxylic acids is 1. The van der Waals surface area contributed by atoms with E-state index in [9.17, 15) is 9.59 Å². The van der Waals surface area contributed by atoms with Crippen LogP contribution >= 0.6 is 0 Å². The second kappa shape index (κ2) is 10.3. The number of nitrogens with zero attached hydrogens (tertiary/aromatic N) is 1. The molecule has 0 aromatic heterocycles. The number of benzene rings is 1. The number of carbonyl (C=O) groups is 2. The van der Waals surface area contributed by atoms with E-state index >= 15 is 0 Å². The molecule has 0 aliphatic rings. The van der Waals surface area contributed by atoms with Gasteiger partial charge in [0.15, 0.2) is 0 Å². The van der Waals surface area contributed by atoms with Crippen LogP contribution in [0.5, 0.6) is 0 Å². The van der Waals surface area contributed by atoms with E-state index in [0.29, 0.717) is 17.4 Å². The molecule has 0 fully saturated rings. The molecule has 0 aliphatic carbocycles. The third-order valence-electron chi connectivity index (χ3n) is 3.64. The van der Waals surface area contributed by atoms with Crippen LogP contribution in [-0.2, 0) is 25.5 Å². The molecule has 0 heterocycles. The SMILES string of the molecule is CC(COC(CC(=O)O)C[N+](C)(C)C)OC(=O)[C@@H](N)Cc1ccccc1. The summed E-state index contributed by atoms with van der Waals surface area (Å²) < 4.78 is 11.6. The summed E-state index contributed by atoms with van der Waals surface area (Å²) in [5.41, 5.74) is 6.87. The maximum atomic E-state index is 12.1. The molecule has 3 N–H and O–H groups in total. The highest BCUT2D eigenvalue weighted by molar-refractivity contribution is 5.76. The molecule has 146 valence electrons. The van der Waals surface area contributed by atoms with Crippen molar-refractivity contribution in [1.82, 2.24) is 0 Å². The fourth-order valence-corrected chi connectivity index (χ4v) is 2.52. The van der Waals surface area contributed by atoms with Crippen molar-refractivity contribution >= 4 is 11.9 Å². The van der Waals surface area contributed by atoms with Crippen LogP contribution < -0.4 is 5.73 Å². The third kappa shape index (κ3) is 9.50. The molecule has 0 bridgehead atoms. The van der Waals surface area contributed by atoms with E-state index in [1.807, 2.05) is 51.5 Å². The average molecular weight is 367 g/mol. The van der Waals surface area contributed by atoms with Gasteiger partial charge in [0.05, 0.1) is 34.2 Å². The lowest BCUT2D eigenvalue weighted by Gasteiger charge is -2.29. The lowest BCUT2D eigenvalue weighted by molar-refractivity contribution is -0.873. The smallest absolute Gasteiger partial charge is 0.323 e. The number of hydrogen-bond donors (Lipinski definition) is 2. The number of hydrogen-bond acceptors (Lipinski definition) is 5. The first kappa shape index (κ1) is 22.1. The Balaban J connectivity index is 2.46. The van der Waals surface area contributed by atoms with E-state index in [2.05, 4.69) is 0 Å². The van der Waals surface area contributed by atoms with Crippen LogP contribution in [0.3, 0.4) is 0 Å². The molecule has 26 heavy (non-hydrogen) atoms. The van der Waals surface area contributed by atoms with Gasteiger partial charge in [-0.1, -0.05) is 30.3 Å². The number of ether oxygens (including phenoxy) is 2. The van der Waals surface area contributed by atoms with Crippen molar-refractivity contribution in [3.63, 3.8) is 0 Å². The number of carbonyl (C=O) groups excluding carboxylic acids is 1. The van der Waals surface area contributed by atoms with E-state index in [-0.39, 0.29) is 13.0 Å². The summed E-state index contributed by atoms with van der Waals surface area (Å²) in [6.45, 7) is 2.37. The monoisotopic (exact) mass is 367 g/mol. The maximum Gasteiger partial charge on any atom is 0.323 e. The summed E-state index contributed by atoms with van der Waals surface area (Å²) in [5, 5.41) is 9.02. The quantitative estimate of drug-likeness (QED) is 0.448. The van der Waals surface area contributed by atoms with Crippen LogP contribution in [0.1, 0.15) is 18.9 Å². The highest BCUT2D eigenvalue weighted by Crippen LogP contribution is 2.08. The second-order valence-corrected chi connectivity index (χ2v) is 7.57. The Bertz CT molecular complexity index is 571. The number of nitrogens with two attached hydrogens (primary N) is 1. The van der Waals surface area contributed by atoms with Crippen molar-refractivity contribution in [3.8, 4) is 0 Å². The number of esters is 1. The zero-order valence-electron chi connectivity index (χ0n) is 16.1. The highest BCUT2D eigenvalue weighted by Gasteiger charge is 2.24. The van der Waals surface area contributed by atoms with Crippen molar-refractivity contribution in [2.24, 2.45) is 5.73 Å². The Morgan fingerprint density at radius 3 is 2.35 bits per heavy atom. The lowest BCUT2D eigenvalue weighted by Crippen LogP contribution is -2.44. The minimum absolute atomic E-state index is 0.0935. The van der Waals surface area contributed by atoms with Gasteiger partial charge >= 0.3 is 11.9 Å². The first-order chi connectivity index (χ1) is 12.1. The van der Waals surface area contributed by atoms with Gasteiger partial charge in [-0.2, -0.15) is 0 Å². The molecule has 1 aromatic rings. The maximum absolute atomic E-state index is 12.1. The van der Waals surface area contributed by atoms with Gasteiger partial charge in [0.2, 0.25) is 0 Å². The summed E-state index contributed by atoms with van der Waals surface area (Å²) in [6.07, 6.45) is -0.653. The van der Waals surface area contributed by atoms with Gasteiger partial charge in [-0.3, -0.25) is 9.59 Å². The van der Waals surface area contributed by atoms with Gasteiger partial charge in [-0.25, -0.2) is 0 Å². The summed E-state index contributed by atoms with van der Waals surface area (Å²) in [4.78, 5) is 23.1. The molecule has 2 unspecified atom stereocenters. The zero-order chi connectivity index (χ0) is 19.7. The van der Waals surface area contributed by atoms with E-state index in [0.717, 1.165) is 5.56 Å². The fraction of sp³-hybridized carbons (Fsp3) is 0.579. The number of likely N-dealkylation sites (N-methyl/N-ethyl adjacent to an activating group) is 1. The predicted octanol–water partition coefficient (Wildman–Crippen LogP) is 1.05. The topological polar surface area (TPSA) is 98.9 Å². The largest absolute Gasteiger partial charge is 0.481 e. The molecular formula is C19H31N2O5+. The van der Waals surface area contributed by atoms with Crippen LogP contribution in [0.2, 0.25) is 0 Å². The Kier molecular flexibility index (Phi) is 8.71. The van der Waals surface area contributed by atoms with Crippen molar-refractivity contribution in [2.45, 2.75) is 38.0 Å². The second-order valence-electron chi connectivity index (χ2n) is 7.57. The van der Waals surface area contributed by atoms with Crippen molar-refractivity contribution < 1.29 is 28.7 Å². The molecule has 7 nitrogen and oxygen atoms in total. The minimum atomic E-state index is -0.919. The van der Waals surface area contributed by atoms with E-state index in [4.69, 9.17) is 20.3 Å². The Morgan fingerprint density at radius 2 is 1.81 bits per heavy atom. The van der Waals surface area contributed by atoms with E-state index in [1.54, 1.807) is 6.92 Å². The highest BCUT2D eigenvalue weighted by atomic mass is 16.6. The van der Waals surface area contributed by atoms with Crippen LogP contribution in [0, 0.1) is 0 Å². The van der Waals surface area contributed by atoms with Gasteiger partial charge in [0.25, 0.3) is 0 Å². The molecule has 0 saturated carbocycles. The van der Waals surface area contributed by atoms with Gasteiger partial charge < -0.3 is 24.8 Å². The summed E-state index contributed by atoms with van der Waals surface area (Å²) >= 11 is 0. The zero-order valence-corrected chi connectivity index (χ0v) is 16.1. The summed E-state index contributed by atoms with van der Waals surface area (Å²) in [7, 11) is 5.89. The molecule has 0 saturated heterocycles. The summed E-state index contributed by atoms with van der Waals surface area (Å²) in [5.74, 6) is -1.41. The molecule has 1 aromatic carbocycles. The number of carboxylic acids is 1. The van der Waals surface area contributed by atoms with Crippen molar-refractivity contribution in [3.05, 3.63) is 35.9 Å². The Labute approximate surface area is 155 Å². The molecule has 0 aliphatic heterocycles. The molecule has 0 spiro atoms. The first-order valence-corrected chi connectivity index (χ1v) is 8.70. The first-order valence-electron chi connectivity index (χ1n) is 8.70. The third-order valence-corrected chi connectivity index (χ3v) is 3.64. The molecule has 0 amide bonds. The molecular weight excluding hydrogens is 336 g/mol. The van der Waals surface area contributed by atoms with Gasteiger partial charge in [-0.15, -0.1) is 0 Å². The van der Waals surface area contributed by atoms with Crippen LogP contribution in [0.4, 0.5) is 0 Å². The van der Waals surface area contributed by atoms with E-state index in [1.165, 1.54) is 0 Å². The minimum Gasteiger partial charge on any atom is -0.481 e. The van der Waals surface area contributed by atoms with Gasteiger partial charge in [-0.05, 0) is 18.9 Å². The van der Waals surface area contributed by atoms with Crippen LogP contribution in [0.15, 0.2) is 30.3 Å².